The highest BCUT2D eigenvalue weighted by Gasteiger charge is 2.32. The molecule has 0 spiro atoms. The third-order valence-corrected chi connectivity index (χ3v) is 4.00. The van der Waals surface area contributed by atoms with Gasteiger partial charge in [-0.2, -0.15) is 0 Å². The fraction of sp³-hybridized carbons (Fsp3) is 1.00. The van der Waals surface area contributed by atoms with Crippen molar-refractivity contribution in [3.05, 3.63) is 0 Å². The molecule has 0 bridgehead atoms. The second-order valence-electron chi connectivity index (χ2n) is 6.45. The van der Waals surface area contributed by atoms with Crippen molar-refractivity contribution in [1.82, 2.24) is 5.32 Å². The molecule has 1 aliphatic heterocycles. The minimum absolute atomic E-state index is 0.602. The van der Waals surface area contributed by atoms with Crippen molar-refractivity contribution < 1.29 is 0 Å². The average molecular weight is 195 g/mol. The lowest BCUT2D eigenvalue weighted by molar-refractivity contribution is 0.258. The monoisotopic (exact) mass is 195 g/mol. The molecule has 1 heteroatoms. The molecule has 0 radical (unpaired) electrons. The van der Waals surface area contributed by atoms with Gasteiger partial charge >= 0.3 is 0 Å². The molecule has 2 rings (SSSR count). The van der Waals surface area contributed by atoms with Gasteiger partial charge in [0.1, 0.15) is 0 Å². The van der Waals surface area contributed by atoms with Crippen LogP contribution in [-0.2, 0) is 0 Å². The maximum Gasteiger partial charge on any atom is 0.0195 e. The zero-order valence-electron chi connectivity index (χ0n) is 9.97. The standard InChI is InChI=1S/C13H25N/c1-10-4-5-13(2,3)8-11(6-10)7-12-9-14-12/h10-12,14H,4-9H2,1-3H3/t10-,11?,12+/m1/s1. The number of rotatable bonds is 2. The van der Waals surface area contributed by atoms with E-state index in [1.807, 2.05) is 0 Å². The van der Waals surface area contributed by atoms with E-state index in [1.54, 1.807) is 0 Å². The van der Waals surface area contributed by atoms with Gasteiger partial charge in [-0.3, -0.25) is 0 Å². The van der Waals surface area contributed by atoms with Gasteiger partial charge in [0.2, 0.25) is 0 Å². The first-order chi connectivity index (χ1) is 6.55. The smallest absolute Gasteiger partial charge is 0.0195 e. The van der Waals surface area contributed by atoms with Crippen LogP contribution in [0, 0.1) is 17.3 Å². The number of nitrogens with one attached hydrogen (secondary N) is 1. The van der Waals surface area contributed by atoms with E-state index in [4.69, 9.17) is 0 Å². The van der Waals surface area contributed by atoms with Crippen molar-refractivity contribution in [2.75, 3.05) is 6.54 Å². The minimum atomic E-state index is 0.602. The van der Waals surface area contributed by atoms with E-state index in [0.29, 0.717) is 5.41 Å². The van der Waals surface area contributed by atoms with Crippen LogP contribution in [0.25, 0.3) is 0 Å². The second-order valence-corrected chi connectivity index (χ2v) is 6.45. The summed E-state index contributed by atoms with van der Waals surface area (Å²) < 4.78 is 0. The SMILES string of the molecule is C[C@@H]1CCC(C)(C)CC(C[C@H]2CN2)C1. The molecule has 1 nitrogen and oxygen atoms in total. The molecule has 1 unspecified atom stereocenters. The first-order valence-corrected chi connectivity index (χ1v) is 6.28. The van der Waals surface area contributed by atoms with Crippen molar-refractivity contribution in [3.63, 3.8) is 0 Å². The molecule has 14 heavy (non-hydrogen) atoms. The fourth-order valence-corrected chi connectivity index (χ4v) is 3.12. The van der Waals surface area contributed by atoms with E-state index in [-0.39, 0.29) is 0 Å². The van der Waals surface area contributed by atoms with Crippen molar-refractivity contribution >= 4 is 0 Å². The van der Waals surface area contributed by atoms with E-state index in [2.05, 4.69) is 26.1 Å². The van der Waals surface area contributed by atoms with E-state index in [9.17, 15) is 0 Å². The molecule has 2 aliphatic rings. The molecule has 1 N–H and O–H groups in total. The lowest BCUT2D eigenvalue weighted by Crippen LogP contribution is -2.16. The Bertz CT molecular complexity index is 193. The number of hydrogen-bond acceptors (Lipinski definition) is 1. The third-order valence-electron chi connectivity index (χ3n) is 4.00. The summed E-state index contributed by atoms with van der Waals surface area (Å²) in [5, 5.41) is 3.44. The van der Waals surface area contributed by atoms with Gasteiger partial charge in [0.05, 0.1) is 0 Å². The lowest BCUT2D eigenvalue weighted by Gasteiger charge is -2.26. The first kappa shape index (κ1) is 10.5. The van der Waals surface area contributed by atoms with Crippen LogP contribution < -0.4 is 5.32 Å². The molecule has 2 fully saturated rings. The summed E-state index contributed by atoms with van der Waals surface area (Å²) in [5.41, 5.74) is 0.602. The van der Waals surface area contributed by atoms with E-state index in [1.165, 1.54) is 38.6 Å². The molecule has 0 amide bonds. The van der Waals surface area contributed by atoms with Crippen molar-refractivity contribution in [1.29, 1.82) is 0 Å². The van der Waals surface area contributed by atoms with Crippen LogP contribution in [0.4, 0.5) is 0 Å². The van der Waals surface area contributed by atoms with Crippen molar-refractivity contribution in [3.8, 4) is 0 Å². The van der Waals surface area contributed by atoms with Crippen LogP contribution in [0.15, 0.2) is 0 Å². The Labute approximate surface area is 88.7 Å². The van der Waals surface area contributed by atoms with E-state index < -0.39 is 0 Å². The summed E-state index contributed by atoms with van der Waals surface area (Å²) in [7, 11) is 0. The normalized spacial score (nSPS) is 41.8. The molecule has 82 valence electrons. The summed E-state index contributed by atoms with van der Waals surface area (Å²) in [6.45, 7) is 8.64. The van der Waals surface area contributed by atoms with Gasteiger partial charge in [-0.05, 0) is 42.9 Å². The lowest BCUT2D eigenvalue weighted by atomic mass is 9.80. The van der Waals surface area contributed by atoms with Crippen molar-refractivity contribution in [2.24, 2.45) is 17.3 Å². The van der Waals surface area contributed by atoms with Gasteiger partial charge in [-0.15, -0.1) is 0 Å². The Morgan fingerprint density at radius 1 is 1.36 bits per heavy atom. The summed E-state index contributed by atoms with van der Waals surface area (Å²) in [5.74, 6) is 1.95. The molecule has 3 atom stereocenters. The molecule has 1 saturated heterocycles. The van der Waals surface area contributed by atoms with Crippen LogP contribution in [0.2, 0.25) is 0 Å². The third kappa shape index (κ3) is 2.98. The highest BCUT2D eigenvalue weighted by molar-refractivity contribution is 4.89. The summed E-state index contributed by atoms with van der Waals surface area (Å²) >= 11 is 0. The maximum absolute atomic E-state index is 3.44. The van der Waals surface area contributed by atoms with Crippen molar-refractivity contribution in [2.45, 2.75) is 58.9 Å². The zero-order chi connectivity index (χ0) is 10.2. The fourth-order valence-electron chi connectivity index (χ4n) is 3.12. The van der Waals surface area contributed by atoms with Gasteiger partial charge in [0.15, 0.2) is 0 Å². The van der Waals surface area contributed by atoms with Gasteiger partial charge in [-0.1, -0.05) is 27.2 Å². The molecule has 0 aromatic carbocycles. The van der Waals surface area contributed by atoms with Gasteiger partial charge in [0.25, 0.3) is 0 Å². The van der Waals surface area contributed by atoms with Crippen LogP contribution in [0.5, 0.6) is 0 Å². The highest BCUT2D eigenvalue weighted by Crippen LogP contribution is 2.41. The molecular weight excluding hydrogens is 170 g/mol. The summed E-state index contributed by atoms with van der Waals surface area (Å²) in [6, 6.07) is 0.876. The predicted molar refractivity (Wildman–Crippen MR) is 61.3 cm³/mol. The Hall–Kier alpha value is -0.0400. The molecular formula is C13H25N. The second kappa shape index (κ2) is 3.84. The predicted octanol–water partition coefficient (Wildman–Crippen LogP) is 3.20. The van der Waals surface area contributed by atoms with Crippen LogP contribution in [0.1, 0.15) is 52.9 Å². The summed E-state index contributed by atoms with van der Waals surface area (Å²) in [4.78, 5) is 0. The Kier molecular flexibility index (Phi) is 2.88. The van der Waals surface area contributed by atoms with Gasteiger partial charge in [0, 0.05) is 12.6 Å². The highest BCUT2D eigenvalue weighted by atomic mass is 15.1. The van der Waals surface area contributed by atoms with Gasteiger partial charge < -0.3 is 5.32 Å². The Morgan fingerprint density at radius 3 is 2.71 bits per heavy atom. The molecule has 1 aliphatic carbocycles. The Balaban J connectivity index is 1.91. The van der Waals surface area contributed by atoms with Gasteiger partial charge in [-0.25, -0.2) is 0 Å². The average Bonchev–Trinajstić information content (AvgIpc) is 2.83. The largest absolute Gasteiger partial charge is 0.311 e. The van der Waals surface area contributed by atoms with Crippen LogP contribution in [0.3, 0.4) is 0 Å². The van der Waals surface area contributed by atoms with E-state index in [0.717, 1.165) is 17.9 Å². The molecule has 1 saturated carbocycles. The number of hydrogen-bond donors (Lipinski definition) is 1. The Morgan fingerprint density at radius 2 is 2.07 bits per heavy atom. The van der Waals surface area contributed by atoms with Crippen LogP contribution >= 0.6 is 0 Å². The maximum atomic E-state index is 3.44. The zero-order valence-corrected chi connectivity index (χ0v) is 9.97. The topological polar surface area (TPSA) is 21.9 Å². The molecule has 0 aromatic rings. The molecule has 1 heterocycles. The first-order valence-electron chi connectivity index (χ1n) is 6.28. The van der Waals surface area contributed by atoms with Crippen LogP contribution in [-0.4, -0.2) is 12.6 Å². The van der Waals surface area contributed by atoms with E-state index >= 15 is 0 Å². The summed E-state index contributed by atoms with van der Waals surface area (Å²) in [6.07, 6.45) is 7.25. The minimum Gasteiger partial charge on any atom is -0.311 e. The molecule has 0 aromatic heterocycles. The quantitative estimate of drug-likeness (QED) is 0.530.